The van der Waals surface area contributed by atoms with Crippen LogP contribution >= 0.6 is 15.9 Å². The number of methoxy groups -OCH3 is 1. The highest BCUT2D eigenvalue weighted by atomic mass is 79.9. The van der Waals surface area contributed by atoms with E-state index in [1.54, 1.807) is 12.1 Å². The van der Waals surface area contributed by atoms with Gasteiger partial charge in [-0.2, -0.15) is 0 Å². The van der Waals surface area contributed by atoms with Crippen molar-refractivity contribution in [1.29, 1.82) is 0 Å². The summed E-state index contributed by atoms with van der Waals surface area (Å²) in [7, 11) is 1.40. The highest BCUT2D eigenvalue weighted by molar-refractivity contribution is 9.10. The number of nitro groups is 1. The van der Waals surface area contributed by atoms with Crippen LogP contribution in [-0.2, 0) is 0 Å². The van der Waals surface area contributed by atoms with Gasteiger partial charge >= 0.3 is 5.69 Å². The molecule has 0 bridgehead atoms. The zero-order valence-corrected chi connectivity index (χ0v) is 9.87. The molecule has 0 spiro atoms. The molecule has 1 aromatic rings. The van der Waals surface area contributed by atoms with Crippen molar-refractivity contribution in [1.82, 2.24) is 0 Å². The number of nitro benzene ring substituents is 1. The molecule has 14 heavy (non-hydrogen) atoms. The highest BCUT2D eigenvalue weighted by Gasteiger charge is 2.13. The first-order valence-electron chi connectivity index (χ1n) is 4.13. The Labute approximate surface area is 91.2 Å². The van der Waals surface area contributed by atoms with E-state index in [0.717, 1.165) is 4.47 Å². The molecule has 0 aliphatic heterocycles. The van der Waals surface area contributed by atoms with Gasteiger partial charge in [-0.25, -0.2) is 0 Å². The van der Waals surface area contributed by atoms with Gasteiger partial charge in [-0.1, -0.05) is 29.8 Å². The molecule has 0 aliphatic carbocycles. The van der Waals surface area contributed by atoms with Crippen LogP contribution in [0.4, 0.5) is 5.69 Å². The van der Waals surface area contributed by atoms with E-state index in [9.17, 15) is 10.1 Å². The number of nitrogens with zero attached hydrogens (tertiary/aromatic N) is 1. The van der Waals surface area contributed by atoms with Crippen molar-refractivity contribution < 1.29 is 9.66 Å². The summed E-state index contributed by atoms with van der Waals surface area (Å²) in [5, 5.41) is 10.4. The van der Waals surface area contributed by atoms with Crippen LogP contribution in [0.2, 0.25) is 0 Å². The molecule has 1 rings (SSSR count). The molecule has 0 unspecified atom stereocenters. The van der Waals surface area contributed by atoms with Crippen molar-refractivity contribution in [2.45, 2.75) is 13.8 Å². The molecule has 4 nitrogen and oxygen atoms in total. The molecule has 0 amide bonds. The van der Waals surface area contributed by atoms with Gasteiger partial charge in [-0.3, -0.25) is 10.1 Å². The third-order valence-corrected chi connectivity index (χ3v) is 1.83. The van der Waals surface area contributed by atoms with E-state index in [-0.39, 0.29) is 11.4 Å². The summed E-state index contributed by atoms with van der Waals surface area (Å²) in [5.41, 5.74) is -0.0271. The predicted octanol–water partition coefficient (Wildman–Crippen LogP) is 3.39. The lowest BCUT2D eigenvalue weighted by Crippen LogP contribution is -1.92. The number of rotatable bonds is 2. The molecule has 0 radical (unpaired) electrons. The smallest absolute Gasteiger partial charge is 0.310 e. The van der Waals surface area contributed by atoms with Crippen molar-refractivity contribution >= 4 is 21.6 Å². The van der Waals surface area contributed by atoms with Crippen LogP contribution in [0.25, 0.3) is 0 Å². The Morgan fingerprint density at radius 3 is 2.43 bits per heavy atom. The normalized spacial score (nSPS) is 8.57. The molecule has 78 valence electrons. The number of benzene rings is 1. The second-order valence-electron chi connectivity index (χ2n) is 2.07. The topological polar surface area (TPSA) is 52.4 Å². The van der Waals surface area contributed by atoms with Gasteiger partial charge in [0, 0.05) is 16.6 Å². The standard InChI is InChI=1S/C7H6BrNO3.C2H6/c1-12-7-4-5(8)2-3-6(7)9(10)11;1-2/h2-4H,1H3;1-2H3. The van der Waals surface area contributed by atoms with Crippen molar-refractivity contribution in [2.75, 3.05) is 7.11 Å². The highest BCUT2D eigenvalue weighted by Crippen LogP contribution is 2.29. The molecule has 0 saturated heterocycles. The third kappa shape index (κ3) is 3.33. The molecule has 5 heteroatoms. The van der Waals surface area contributed by atoms with E-state index in [2.05, 4.69) is 15.9 Å². The Hall–Kier alpha value is -1.10. The van der Waals surface area contributed by atoms with Gasteiger partial charge in [0.15, 0.2) is 5.75 Å². The fourth-order valence-corrected chi connectivity index (χ4v) is 1.14. The Balaban J connectivity index is 0.000000791. The summed E-state index contributed by atoms with van der Waals surface area (Å²) in [4.78, 5) is 9.92. The summed E-state index contributed by atoms with van der Waals surface area (Å²) < 4.78 is 5.57. The molecule has 0 atom stereocenters. The lowest BCUT2D eigenvalue weighted by Gasteiger charge is -2.00. The predicted molar refractivity (Wildman–Crippen MR) is 58.7 cm³/mol. The zero-order valence-electron chi connectivity index (χ0n) is 8.28. The van der Waals surface area contributed by atoms with E-state index in [1.807, 2.05) is 13.8 Å². The van der Waals surface area contributed by atoms with Gasteiger partial charge in [0.25, 0.3) is 0 Å². The van der Waals surface area contributed by atoms with E-state index >= 15 is 0 Å². The first kappa shape index (κ1) is 12.9. The van der Waals surface area contributed by atoms with Gasteiger partial charge < -0.3 is 4.74 Å². The van der Waals surface area contributed by atoms with Crippen LogP contribution in [0.1, 0.15) is 13.8 Å². The van der Waals surface area contributed by atoms with Crippen LogP contribution in [0, 0.1) is 10.1 Å². The Kier molecular flexibility index (Phi) is 5.87. The monoisotopic (exact) mass is 261 g/mol. The van der Waals surface area contributed by atoms with Gasteiger partial charge in [0.1, 0.15) is 0 Å². The first-order valence-corrected chi connectivity index (χ1v) is 4.92. The second-order valence-corrected chi connectivity index (χ2v) is 2.99. The molecule has 1 aromatic carbocycles. The van der Waals surface area contributed by atoms with Crippen LogP contribution in [0.5, 0.6) is 5.75 Å². The lowest BCUT2D eigenvalue weighted by atomic mass is 10.3. The van der Waals surface area contributed by atoms with E-state index in [0.29, 0.717) is 0 Å². The van der Waals surface area contributed by atoms with Crippen LogP contribution in [0.3, 0.4) is 0 Å². The number of ether oxygens (including phenoxy) is 1. The third-order valence-electron chi connectivity index (χ3n) is 1.34. The molecule has 0 fully saturated rings. The Bertz CT molecular complexity index is 315. The molecule has 0 N–H and O–H groups in total. The lowest BCUT2D eigenvalue weighted by molar-refractivity contribution is -0.385. The molecule has 0 aromatic heterocycles. The minimum atomic E-state index is -0.481. The summed E-state index contributed by atoms with van der Waals surface area (Å²) in [6.07, 6.45) is 0. The van der Waals surface area contributed by atoms with Crippen LogP contribution in [0.15, 0.2) is 22.7 Å². The van der Waals surface area contributed by atoms with Crippen molar-refractivity contribution in [2.24, 2.45) is 0 Å². The number of hydrogen-bond donors (Lipinski definition) is 0. The quantitative estimate of drug-likeness (QED) is 0.606. The molecular formula is C9H12BrNO3. The van der Waals surface area contributed by atoms with Gasteiger partial charge in [-0.05, 0) is 6.07 Å². The van der Waals surface area contributed by atoms with Crippen molar-refractivity contribution in [3.05, 3.63) is 32.8 Å². The molecule has 0 saturated carbocycles. The van der Waals surface area contributed by atoms with Gasteiger partial charge in [0.2, 0.25) is 0 Å². The summed E-state index contributed by atoms with van der Waals surface area (Å²) in [6.45, 7) is 4.00. The fourth-order valence-electron chi connectivity index (χ4n) is 0.802. The average molecular weight is 262 g/mol. The molecule has 0 aliphatic rings. The summed E-state index contributed by atoms with van der Waals surface area (Å²) >= 11 is 3.18. The van der Waals surface area contributed by atoms with Crippen LogP contribution in [-0.4, -0.2) is 12.0 Å². The maximum atomic E-state index is 10.4. The maximum absolute atomic E-state index is 10.4. The maximum Gasteiger partial charge on any atom is 0.310 e. The second kappa shape index (κ2) is 6.37. The summed E-state index contributed by atoms with van der Waals surface area (Å²) in [6, 6.07) is 4.54. The summed E-state index contributed by atoms with van der Waals surface area (Å²) in [5.74, 6) is 0.259. The SMILES string of the molecule is CC.COc1cc(Br)ccc1[N+](=O)[O-]. The Morgan fingerprint density at radius 2 is 2.00 bits per heavy atom. The van der Waals surface area contributed by atoms with Crippen molar-refractivity contribution in [3.63, 3.8) is 0 Å². The molecular weight excluding hydrogens is 250 g/mol. The number of hydrogen-bond acceptors (Lipinski definition) is 3. The van der Waals surface area contributed by atoms with Gasteiger partial charge in [0.05, 0.1) is 12.0 Å². The van der Waals surface area contributed by atoms with Crippen molar-refractivity contribution in [3.8, 4) is 5.75 Å². The van der Waals surface area contributed by atoms with E-state index in [4.69, 9.17) is 4.74 Å². The average Bonchev–Trinajstić information content (AvgIpc) is 2.20. The first-order chi connectivity index (χ1) is 6.65. The minimum absolute atomic E-state index is 0.0271. The van der Waals surface area contributed by atoms with E-state index in [1.165, 1.54) is 13.2 Å². The zero-order chi connectivity index (χ0) is 11.1. The Morgan fingerprint density at radius 1 is 1.43 bits per heavy atom. The largest absolute Gasteiger partial charge is 0.490 e. The molecule has 0 heterocycles. The van der Waals surface area contributed by atoms with Crippen LogP contribution < -0.4 is 4.74 Å². The van der Waals surface area contributed by atoms with Gasteiger partial charge in [-0.15, -0.1) is 0 Å². The minimum Gasteiger partial charge on any atom is -0.490 e. The fraction of sp³-hybridized carbons (Fsp3) is 0.333. The van der Waals surface area contributed by atoms with E-state index < -0.39 is 4.92 Å². The number of halogens is 1.